The topological polar surface area (TPSA) is 139 Å². The number of nitrogens with zero attached hydrogens (tertiary/aromatic N) is 3. The van der Waals surface area contributed by atoms with Crippen molar-refractivity contribution in [3.8, 4) is 0 Å². The molecule has 0 spiro atoms. The zero-order valence-corrected chi connectivity index (χ0v) is 17.2. The molecule has 1 aromatic carbocycles. The van der Waals surface area contributed by atoms with Gasteiger partial charge in [0.2, 0.25) is 11.8 Å². The van der Waals surface area contributed by atoms with Crippen molar-refractivity contribution >= 4 is 35.8 Å². The fourth-order valence-electron chi connectivity index (χ4n) is 2.76. The van der Waals surface area contributed by atoms with Gasteiger partial charge in [0.25, 0.3) is 11.6 Å². The summed E-state index contributed by atoms with van der Waals surface area (Å²) in [6, 6.07) is 4.76. The Labute approximate surface area is 175 Å². The molecule has 3 amide bonds. The summed E-state index contributed by atoms with van der Waals surface area (Å²) in [5, 5.41) is 13.2. The van der Waals surface area contributed by atoms with E-state index in [0.29, 0.717) is 31.7 Å². The van der Waals surface area contributed by atoms with Crippen LogP contribution in [0.4, 0.5) is 5.69 Å². The minimum Gasteiger partial charge on any atom is -0.346 e. The van der Waals surface area contributed by atoms with Crippen molar-refractivity contribution in [1.82, 2.24) is 15.1 Å². The van der Waals surface area contributed by atoms with Gasteiger partial charge < -0.3 is 20.9 Å². The zero-order valence-electron chi connectivity index (χ0n) is 16.4. The van der Waals surface area contributed by atoms with E-state index in [0.717, 1.165) is 0 Å². The molecule has 0 aliphatic carbocycles. The molecule has 1 aromatic rings. The van der Waals surface area contributed by atoms with Crippen LogP contribution in [0.5, 0.6) is 0 Å². The summed E-state index contributed by atoms with van der Waals surface area (Å²) in [5.41, 5.74) is 6.02. The number of piperazine rings is 1. The molecular formula is C18H26ClN5O5. The van der Waals surface area contributed by atoms with Gasteiger partial charge in [-0.25, -0.2) is 0 Å². The van der Waals surface area contributed by atoms with Crippen LogP contribution in [0.15, 0.2) is 24.3 Å². The second-order valence-corrected chi connectivity index (χ2v) is 6.96. The monoisotopic (exact) mass is 427 g/mol. The van der Waals surface area contributed by atoms with Gasteiger partial charge in [-0.1, -0.05) is 13.8 Å². The highest BCUT2D eigenvalue weighted by atomic mass is 35.5. The predicted octanol–water partition coefficient (Wildman–Crippen LogP) is 0.401. The molecule has 1 heterocycles. The van der Waals surface area contributed by atoms with E-state index >= 15 is 0 Å². The Balaban J connectivity index is 0.00000420. The smallest absolute Gasteiger partial charge is 0.269 e. The molecule has 29 heavy (non-hydrogen) atoms. The van der Waals surface area contributed by atoms with E-state index in [1.165, 1.54) is 24.3 Å². The molecule has 10 nitrogen and oxygen atoms in total. The molecular weight excluding hydrogens is 402 g/mol. The van der Waals surface area contributed by atoms with Crippen molar-refractivity contribution in [3.05, 3.63) is 39.9 Å². The summed E-state index contributed by atoms with van der Waals surface area (Å²) in [5.74, 6) is -0.857. The third-order valence-electron chi connectivity index (χ3n) is 4.68. The second kappa shape index (κ2) is 10.7. The fraction of sp³-hybridized carbons (Fsp3) is 0.500. The van der Waals surface area contributed by atoms with Gasteiger partial charge in [-0.05, 0) is 18.1 Å². The SMILES string of the molecule is CC(C)[C@H](N)C(=O)NCC(=O)N1CCN(C(=O)c2ccc([N+](=O)[O-])cc2)CC1.Cl. The molecule has 0 bridgehead atoms. The maximum atomic E-state index is 12.5. The van der Waals surface area contributed by atoms with E-state index in [1.54, 1.807) is 9.80 Å². The van der Waals surface area contributed by atoms with Crippen molar-refractivity contribution in [1.29, 1.82) is 0 Å². The van der Waals surface area contributed by atoms with E-state index in [9.17, 15) is 24.5 Å². The van der Waals surface area contributed by atoms with Gasteiger partial charge in [-0.2, -0.15) is 0 Å². The number of nitro groups is 1. The number of rotatable bonds is 6. The van der Waals surface area contributed by atoms with Gasteiger partial charge in [0.05, 0.1) is 17.5 Å². The van der Waals surface area contributed by atoms with Crippen molar-refractivity contribution in [3.63, 3.8) is 0 Å². The molecule has 1 saturated heterocycles. The largest absolute Gasteiger partial charge is 0.346 e. The zero-order chi connectivity index (χ0) is 20.8. The number of nitrogens with one attached hydrogen (secondary N) is 1. The maximum absolute atomic E-state index is 12.5. The van der Waals surface area contributed by atoms with Crippen LogP contribution in [0.1, 0.15) is 24.2 Å². The molecule has 3 N–H and O–H groups in total. The number of halogens is 1. The van der Waals surface area contributed by atoms with Crippen LogP contribution >= 0.6 is 12.4 Å². The number of amides is 3. The highest BCUT2D eigenvalue weighted by Gasteiger charge is 2.26. The van der Waals surface area contributed by atoms with Crippen LogP contribution in [-0.2, 0) is 9.59 Å². The summed E-state index contributed by atoms with van der Waals surface area (Å²) in [4.78, 5) is 49.9. The van der Waals surface area contributed by atoms with Crippen LogP contribution in [0.2, 0.25) is 0 Å². The van der Waals surface area contributed by atoms with Crippen molar-refractivity contribution in [2.24, 2.45) is 11.7 Å². The van der Waals surface area contributed by atoms with Crippen LogP contribution in [0.25, 0.3) is 0 Å². The average Bonchev–Trinajstić information content (AvgIpc) is 2.70. The number of carbonyl (C=O) groups is 3. The Morgan fingerprint density at radius 1 is 1.10 bits per heavy atom. The molecule has 0 radical (unpaired) electrons. The van der Waals surface area contributed by atoms with Crippen molar-refractivity contribution < 1.29 is 19.3 Å². The minimum absolute atomic E-state index is 0. The lowest BCUT2D eigenvalue weighted by atomic mass is 10.1. The third kappa shape index (κ3) is 6.40. The van der Waals surface area contributed by atoms with Gasteiger partial charge in [0.1, 0.15) is 0 Å². The first-order chi connectivity index (χ1) is 13.2. The highest BCUT2D eigenvalue weighted by molar-refractivity contribution is 5.94. The summed E-state index contributed by atoms with van der Waals surface area (Å²) in [6.45, 7) is 4.92. The Morgan fingerprint density at radius 3 is 2.10 bits per heavy atom. The first-order valence-electron chi connectivity index (χ1n) is 9.05. The lowest BCUT2D eigenvalue weighted by molar-refractivity contribution is -0.384. The highest BCUT2D eigenvalue weighted by Crippen LogP contribution is 2.14. The number of hydrogen-bond donors (Lipinski definition) is 2. The third-order valence-corrected chi connectivity index (χ3v) is 4.68. The molecule has 0 aromatic heterocycles. The lowest BCUT2D eigenvalue weighted by Crippen LogP contribution is -2.53. The van der Waals surface area contributed by atoms with Crippen LogP contribution in [-0.4, -0.2) is 71.2 Å². The Bertz CT molecular complexity index is 748. The summed E-state index contributed by atoms with van der Waals surface area (Å²) in [6.07, 6.45) is 0. The van der Waals surface area contributed by atoms with Gasteiger partial charge in [0.15, 0.2) is 0 Å². The van der Waals surface area contributed by atoms with Gasteiger partial charge >= 0.3 is 0 Å². The summed E-state index contributed by atoms with van der Waals surface area (Å²) < 4.78 is 0. The molecule has 1 fully saturated rings. The lowest BCUT2D eigenvalue weighted by Gasteiger charge is -2.35. The molecule has 1 aliphatic rings. The van der Waals surface area contributed by atoms with E-state index in [-0.39, 0.29) is 48.3 Å². The fourth-order valence-corrected chi connectivity index (χ4v) is 2.76. The quantitative estimate of drug-likeness (QED) is 0.497. The van der Waals surface area contributed by atoms with E-state index in [1.807, 2.05) is 13.8 Å². The number of non-ortho nitro benzene ring substituents is 1. The first-order valence-corrected chi connectivity index (χ1v) is 9.05. The Hall–Kier alpha value is -2.72. The van der Waals surface area contributed by atoms with E-state index in [2.05, 4.69) is 5.32 Å². The standard InChI is InChI=1S/C18H25N5O5.ClH/c1-12(2)16(19)17(25)20-11-15(24)21-7-9-22(10-8-21)18(26)13-3-5-14(6-4-13)23(27)28;/h3-6,12,16H,7-11,19H2,1-2H3,(H,20,25);1H/t16-;/m0./s1. The van der Waals surface area contributed by atoms with Crippen LogP contribution in [0, 0.1) is 16.0 Å². The summed E-state index contributed by atoms with van der Waals surface area (Å²) >= 11 is 0. The predicted molar refractivity (Wildman–Crippen MR) is 109 cm³/mol. The summed E-state index contributed by atoms with van der Waals surface area (Å²) in [7, 11) is 0. The number of carbonyl (C=O) groups excluding carboxylic acids is 3. The number of hydrogen-bond acceptors (Lipinski definition) is 6. The molecule has 0 unspecified atom stereocenters. The Kier molecular flexibility index (Phi) is 8.99. The van der Waals surface area contributed by atoms with Gasteiger partial charge in [-0.3, -0.25) is 24.5 Å². The molecule has 1 aliphatic heterocycles. The molecule has 160 valence electrons. The van der Waals surface area contributed by atoms with E-state index < -0.39 is 11.0 Å². The van der Waals surface area contributed by atoms with Crippen molar-refractivity contribution in [2.75, 3.05) is 32.7 Å². The maximum Gasteiger partial charge on any atom is 0.269 e. The molecule has 1 atom stereocenters. The number of nitrogens with two attached hydrogens (primary N) is 1. The molecule has 0 saturated carbocycles. The Morgan fingerprint density at radius 2 is 1.62 bits per heavy atom. The minimum atomic E-state index is -0.663. The second-order valence-electron chi connectivity index (χ2n) is 6.96. The number of nitro benzene ring substituents is 1. The number of benzene rings is 1. The normalized spacial score (nSPS) is 14.8. The molecule has 11 heteroatoms. The van der Waals surface area contributed by atoms with E-state index in [4.69, 9.17) is 5.73 Å². The average molecular weight is 428 g/mol. The van der Waals surface area contributed by atoms with Crippen molar-refractivity contribution in [2.45, 2.75) is 19.9 Å². The molecule has 2 rings (SSSR count). The van der Waals surface area contributed by atoms with Gasteiger partial charge in [0, 0.05) is 43.9 Å². The first kappa shape index (κ1) is 24.3. The van der Waals surface area contributed by atoms with Crippen LogP contribution < -0.4 is 11.1 Å². The van der Waals surface area contributed by atoms with Crippen LogP contribution in [0.3, 0.4) is 0 Å². The van der Waals surface area contributed by atoms with Gasteiger partial charge in [-0.15, -0.1) is 12.4 Å².